The summed E-state index contributed by atoms with van der Waals surface area (Å²) in [6, 6.07) is 16.4. The molecule has 8 nitrogen and oxygen atoms in total. The van der Waals surface area contributed by atoms with Gasteiger partial charge in [0.15, 0.2) is 0 Å². The highest BCUT2D eigenvalue weighted by Gasteiger charge is 2.31. The molecule has 8 heteroatoms. The summed E-state index contributed by atoms with van der Waals surface area (Å²) in [5, 5.41) is 12.3. The highest BCUT2D eigenvalue weighted by molar-refractivity contribution is 5.95. The molecule has 0 spiro atoms. The lowest BCUT2D eigenvalue weighted by Crippen LogP contribution is -2.54. The van der Waals surface area contributed by atoms with E-state index in [1.165, 1.54) is 6.92 Å². The van der Waals surface area contributed by atoms with Crippen LogP contribution in [0.4, 0.5) is 5.69 Å². The fourth-order valence-electron chi connectivity index (χ4n) is 3.63. The zero-order valence-electron chi connectivity index (χ0n) is 17.7. The van der Waals surface area contributed by atoms with Crippen LogP contribution in [0.5, 0.6) is 11.5 Å². The van der Waals surface area contributed by atoms with E-state index in [2.05, 4.69) is 10.2 Å². The maximum atomic E-state index is 11.8. The fraction of sp³-hybridized carbons (Fsp3) is 0.250. The van der Waals surface area contributed by atoms with Gasteiger partial charge in [0.1, 0.15) is 24.2 Å². The number of aromatic nitrogens is 1. The van der Waals surface area contributed by atoms with Crippen LogP contribution in [0, 0.1) is 0 Å². The quantitative estimate of drug-likeness (QED) is 0.502. The number of anilines is 1. The van der Waals surface area contributed by atoms with Gasteiger partial charge in [-0.3, -0.25) is 4.79 Å². The molecule has 0 unspecified atom stereocenters. The van der Waals surface area contributed by atoms with E-state index in [0.717, 1.165) is 11.4 Å². The van der Waals surface area contributed by atoms with Gasteiger partial charge >= 0.3 is 5.97 Å². The predicted octanol–water partition coefficient (Wildman–Crippen LogP) is 2.96. The number of carboxylic acid groups (broad SMARTS) is 1. The predicted molar refractivity (Wildman–Crippen MR) is 120 cm³/mol. The second kappa shape index (κ2) is 9.47. The van der Waals surface area contributed by atoms with Crippen molar-refractivity contribution >= 4 is 17.6 Å². The molecule has 1 saturated heterocycles. The van der Waals surface area contributed by atoms with E-state index < -0.39 is 5.97 Å². The molecule has 0 aliphatic carbocycles. The van der Waals surface area contributed by atoms with Crippen LogP contribution in [0.25, 0.3) is 5.69 Å². The average molecular weight is 435 g/mol. The van der Waals surface area contributed by atoms with Crippen molar-refractivity contribution in [1.82, 2.24) is 9.88 Å². The third-order valence-electron chi connectivity index (χ3n) is 5.17. The van der Waals surface area contributed by atoms with Crippen molar-refractivity contribution in [2.24, 2.45) is 0 Å². The summed E-state index contributed by atoms with van der Waals surface area (Å²) in [6.45, 7) is 3.65. The second-order valence-corrected chi connectivity index (χ2v) is 7.52. The van der Waals surface area contributed by atoms with Crippen molar-refractivity contribution in [2.75, 3.05) is 31.1 Å². The topological polar surface area (TPSA) is 93.0 Å². The molecule has 1 aliphatic rings. The van der Waals surface area contributed by atoms with Gasteiger partial charge in [0.05, 0.1) is 36.6 Å². The van der Waals surface area contributed by atoms with Crippen molar-refractivity contribution in [1.29, 1.82) is 0 Å². The van der Waals surface area contributed by atoms with Gasteiger partial charge in [0.2, 0.25) is 5.91 Å². The monoisotopic (exact) mass is 435 g/mol. The third-order valence-corrected chi connectivity index (χ3v) is 5.17. The van der Waals surface area contributed by atoms with Crippen LogP contribution >= 0.6 is 0 Å². The van der Waals surface area contributed by atoms with Crippen molar-refractivity contribution in [3.8, 4) is 17.2 Å². The molecule has 1 aromatic heterocycles. The number of benzene rings is 2. The summed E-state index contributed by atoms with van der Waals surface area (Å²) < 4.78 is 13.5. The first-order chi connectivity index (χ1) is 15.5. The van der Waals surface area contributed by atoms with Crippen LogP contribution in [0.3, 0.4) is 0 Å². The van der Waals surface area contributed by atoms with E-state index >= 15 is 0 Å². The lowest BCUT2D eigenvalue weighted by atomic mass is 10.1. The fourth-order valence-corrected chi connectivity index (χ4v) is 3.63. The van der Waals surface area contributed by atoms with Gasteiger partial charge in [-0.25, -0.2) is 4.79 Å². The van der Waals surface area contributed by atoms with Gasteiger partial charge in [-0.1, -0.05) is 6.07 Å². The van der Waals surface area contributed by atoms with Crippen molar-refractivity contribution in [2.45, 2.75) is 13.0 Å². The number of hydrogen-bond donors (Lipinski definition) is 2. The minimum absolute atomic E-state index is 0.00697. The van der Waals surface area contributed by atoms with Gasteiger partial charge < -0.3 is 29.4 Å². The number of carbonyl (C=O) groups excluding carboxylic acids is 1. The molecule has 0 bridgehead atoms. The van der Waals surface area contributed by atoms with E-state index in [-0.39, 0.29) is 17.6 Å². The number of rotatable bonds is 9. The number of nitrogens with one attached hydrogen (secondary N) is 1. The minimum Gasteiger partial charge on any atom is -0.492 e. The molecule has 0 radical (unpaired) electrons. The summed E-state index contributed by atoms with van der Waals surface area (Å²) >= 11 is 0. The molecule has 0 saturated carbocycles. The highest BCUT2D eigenvalue weighted by Crippen LogP contribution is 2.32. The minimum atomic E-state index is -0.955. The maximum Gasteiger partial charge on any atom is 0.337 e. The standard InChI is InChI=1S/C24H25N3O5/c1-17(28)25-11-14-31-18-7-9-19(10-8-18)32-20-15-27(16-20)22-6-4-5-21(24(29)30)23(22)26-12-2-3-13-26/h2-10,12-13,20H,11,14-16H2,1H3,(H,25,28)(H,29,30). The maximum absolute atomic E-state index is 11.8. The molecular weight excluding hydrogens is 410 g/mol. The lowest BCUT2D eigenvalue weighted by Gasteiger charge is -2.41. The normalized spacial score (nSPS) is 13.3. The number of ether oxygens (including phenoxy) is 2. The van der Waals surface area contributed by atoms with Gasteiger partial charge in [-0.2, -0.15) is 0 Å². The first-order valence-electron chi connectivity index (χ1n) is 10.4. The Kier molecular flexibility index (Phi) is 6.30. The first-order valence-corrected chi connectivity index (χ1v) is 10.4. The Hall–Kier alpha value is -3.94. The van der Waals surface area contributed by atoms with Crippen LogP contribution in [-0.2, 0) is 4.79 Å². The van der Waals surface area contributed by atoms with Gasteiger partial charge in [0.25, 0.3) is 0 Å². The third kappa shape index (κ3) is 4.85. The Labute approximate surface area is 186 Å². The number of carboxylic acids is 1. The number of para-hydroxylation sites is 1. The molecule has 2 heterocycles. The van der Waals surface area contributed by atoms with Crippen LogP contribution in [-0.4, -0.2) is 53.9 Å². The Morgan fingerprint density at radius 1 is 1.03 bits per heavy atom. The van der Waals surface area contributed by atoms with Crippen molar-refractivity contribution in [3.05, 3.63) is 72.6 Å². The lowest BCUT2D eigenvalue weighted by molar-refractivity contribution is -0.119. The summed E-state index contributed by atoms with van der Waals surface area (Å²) in [5.74, 6) is 0.416. The van der Waals surface area contributed by atoms with Gasteiger partial charge in [-0.05, 0) is 48.5 Å². The zero-order valence-corrected chi connectivity index (χ0v) is 17.7. The molecule has 3 aromatic rings. The second-order valence-electron chi connectivity index (χ2n) is 7.52. The van der Waals surface area contributed by atoms with Crippen LogP contribution in [0.2, 0.25) is 0 Å². The molecule has 1 aliphatic heterocycles. The first kappa shape index (κ1) is 21.3. The van der Waals surface area contributed by atoms with Gasteiger partial charge in [-0.15, -0.1) is 0 Å². The van der Waals surface area contributed by atoms with Gasteiger partial charge in [0, 0.05) is 19.3 Å². The molecule has 166 valence electrons. The zero-order chi connectivity index (χ0) is 22.5. The van der Waals surface area contributed by atoms with Crippen LogP contribution < -0.4 is 19.7 Å². The molecule has 2 N–H and O–H groups in total. The number of carbonyl (C=O) groups is 2. The number of amides is 1. The molecular formula is C24H25N3O5. The number of hydrogen-bond acceptors (Lipinski definition) is 5. The Bertz CT molecular complexity index is 1070. The summed E-state index contributed by atoms with van der Waals surface area (Å²) in [5.41, 5.74) is 1.78. The smallest absolute Gasteiger partial charge is 0.337 e. The van der Waals surface area contributed by atoms with Crippen LogP contribution in [0.15, 0.2) is 67.0 Å². The van der Waals surface area contributed by atoms with E-state index in [9.17, 15) is 14.7 Å². The summed E-state index contributed by atoms with van der Waals surface area (Å²) in [7, 11) is 0. The van der Waals surface area contributed by atoms with Crippen LogP contribution in [0.1, 0.15) is 17.3 Å². The van der Waals surface area contributed by atoms with E-state index in [4.69, 9.17) is 9.47 Å². The number of aromatic carboxylic acids is 1. The van der Waals surface area contributed by atoms with Crippen molar-refractivity contribution in [3.63, 3.8) is 0 Å². The molecule has 4 rings (SSSR count). The molecule has 0 atom stereocenters. The largest absolute Gasteiger partial charge is 0.492 e. The Morgan fingerprint density at radius 3 is 2.38 bits per heavy atom. The van der Waals surface area contributed by atoms with Crippen molar-refractivity contribution < 1.29 is 24.2 Å². The molecule has 32 heavy (non-hydrogen) atoms. The van der Waals surface area contributed by atoms with E-state index in [0.29, 0.717) is 37.7 Å². The SMILES string of the molecule is CC(=O)NCCOc1ccc(OC2CN(c3cccc(C(=O)O)c3-n3cccc3)C2)cc1. The highest BCUT2D eigenvalue weighted by atomic mass is 16.5. The van der Waals surface area contributed by atoms with E-state index in [1.807, 2.05) is 59.4 Å². The summed E-state index contributed by atoms with van der Waals surface area (Å²) in [4.78, 5) is 24.7. The number of nitrogens with zero attached hydrogens (tertiary/aromatic N) is 2. The Balaban J connectivity index is 1.35. The molecule has 1 amide bonds. The average Bonchev–Trinajstić information content (AvgIpc) is 3.28. The molecule has 2 aromatic carbocycles. The summed E-state index contributed by atoms with van der Waals surface area (Å²) in [6.07, 6.45) is 3.70. The molecule has 1 fully saturated rings. The Morgan fingerprint density at radius 2 is 1.72 bits per heavy atom. The van der Waals surface area contributed by atoms with E-state index in [1.54, 1.807) is 12.1 Å².